The zero-order chi connectivity index (χ0) is 10.8. The van der Waals surface area contributed by atoms with Crippen molar-refractivity contribution in [2.75, 3.05) is 7.11 Å². The molecule has 0 radical (unpaired) electrons. The van der Waals surface area contributed by atoms with Gasteiger partial charge in [-0.25, -0.2) is 0 Å². The Bertz CT molecular complexity index is 561. The highest BCUT2D eigenvalue weighted by Gasteiger charge is 2.08. The van der Waals surface area contributed by atoms with E-state index in [0.29, 0.717) is 4.80 Å². The molecule has 0 fully saturated rings. The highest BCUT2D eigenvalue weighted by molar-refractivity contribution is 7.16. The lowest BCUT2D eigenvalue weighted by Crippen LogP contribution is -2.20. The van der Waals surface area contributed by atoms with Gasteiger partial charge in [0.15, 0.2) is 4.80 Å². The molecule has 0 atom stereocenters. The summed E-state index contributed by atoms with van der Waals surface area (Å²) < 4.78 is 7.24. The van der Waals surface area contributed by atoms with Crippen LogP contribution in [0.25, 0.3) is 10.2 Å². The molecule has 0 amide bonds. The number of ether oxygens (including phenoxy) is 1. The fourth-order valence-corrected chi connectivity index (χ4v) is 2.30. The zero-order valence-corrected chi connectivity index (χ0v) is 10.2. The Morgan fingerprint density at radius 2 is 2.19 bits per heavy atom. The van der Waals surface area contributed by atoms with E-state index in [0.717, 1.165) is 10.2 Å². The third-order valence-electron chi connectivity index (χ3n) is 2.12. The van der Waals surface area contributed by atoms with Crippen molar-refractivity contribution < 1.29 is 9.53 Å². The molecule has 0 bridgehead atoms. The van der Waals surface area contributed by atoms with Crippen LogP contribution in [0.2, 0.25) is 0 Å². The largest absolute Gasteiger partial charge is 0.468 e. The number of methoxy groups -OCH3 is 1. The van der Waals surface area contributed by atoms with Crippen molar-refractivity contribution in [3.63, 3.8) is 0 Å². The summed E-state index contributed by atoms with van der Waals surface area (Å²) >= 11 is 1.35. The Morgan fingerprint density at radius 1 is 1.50 bits per heavy atom. The van der Waals surface area contributed by atoms with Crippen LogP contribution in [0.5, 0.6) is 0 Å². The van der Waals surface area contributed by atoms with Crippen molar-refractivity contribution in [2.24, 2.45) is 0 Å². The van der Waals surface area contributed by atoms with Crippen LogP contribution in [-0.2, 0) is 16.1 Å². The number of para-hydroxylation sites is 1. The molecule has 1 N–H and O–H groups in total. The highest BCUT2D eigenvalue weighted by Crippen LogP contribution is 2.15. The molecule has 86 valence electrons. The van der Waals surface area contributed by atoms with Gasteiger partial charge in [0.1, 0.15) is 6.54 Å². The number of esters is 1. The molecule has 16 heavy (non-hydrogen) atoms. The van der Waals surface area contributed by atoms with Gasteiger partial charge in [0.2, 0.25) is 0 Å². The molecule has 1 aromatic carbocycles. The van der Waals surface area contributed by atoms with Crippen molar-refractivity contribution in [1.29, 1.82) is 5.41 Å². The summed E-state index contributed by atoms with van der Waals surface area (Å²) in [7, 11) is 1.35. The minimum atomic E-state index is -0.336. The maximum atomic E-state index is 11.2. The van der Waals surface area contributed by atoms with Gasteiger partial charge in [-0.3, -0.25) is 10.2 Å². The quantitative estimate of drug-likeness (QED) is 0.835. The topological polar surface area (TPSA) is 55.1 Å². The summed E-state index contributed by atoms with van der Waals surface area (Å²) in [5.74, 6) is -0.336. The summed E-state index contributed by atoms with van der Waals surface area (Å²) in [6, 6.07) is 7.64. The number of benzene rings is 1. The van der Waals surface area contributed by atoms with Crippen molar-refractivity contribution >= 4 is 39.9 Å². The Labute approximate surface area is 102 Å². The SMILES string of the molecule is COC(=O)Cn1c(=N)sc2ccccc21.Cl. The number of nitrogens with zero attached hydrogens (tertiary/aromatic N) is 1. The molecular formula is C10H11ClN2O2S. The third-order valence-corrected chi connectivity index (χ3v) is 3.10. The maximum Gasteiger partial charge on any atom is 0.325 e. The molecule has 4 nitrogen and oxygen atoms in total. The van der Waals surface area contributed by atoms with Gasteiger partial charge in [-0.2, -0.15) is 0 Å². The first-order valence-corrected chi connectivity index (χ1v) is 5.24. The highest BCUT2D eigenvalue weighted by atomic mass is 35.5. The Balaban J connectivity index is 0.00000128. The van der Waals surface area contributed by atoms with E-state index in [1.807, 2.05) is 24.3 Å². The summed E-state index contributed by atoms with van der Waals surface area (Å²) in [6.45, 7) is 0.0966. The van der Waals surface area contributed by atoms with Gasteiger partial charge in [0, 0.05) is 0 Å². The summed E-state index contributed by atoms with van der Waals surface area (Å²) in [5.41, 5.74) is 0.901. The normalized spacial score (nSPS) is 9.81. The molecule has 0 saturated carbocycles. The van der Waals surface area contributed by atoms with E-state index >= 15 is 0 Å². The van der Waals surface area contributed by atoms with Crippen molar-refractivity contribution in [3.8, 4) is 0 Å². The van der Waals surface area contributed by atoms with Gasteiger partial charge in [-0.15, -0.1) is 12.4 Å². The Hall–Kier alpha value is -1.33. The number of hydrogen-bond acceptors (Lipinski definition) is 4. The predicted octanol–water partition coefficient (Wildman–Crippen LogP) is 1.78. The molecule has 0 saturated heterocycles. The van der Waals surface area contributed by atoms with Gasteiger partial charge >= 0.3 is 5.97 Å². The first-order chi connectivity index (χ1) is 7.22. The molecule has 6 heteroatoms. The van der Waals surface area contributed by atoms with Gasteiger partial charge in [0.25, 0.3) is 0 Å². The minimum Gasteiger partial charge on any atom is -0.468 e. The molecule has 0 spiro atoms. The van der Waals surface area contributed by atoms with Crippen LogP contribution >= 0.6 is 23.7 Å². The number of nitrogens with one attached hydrogen (secondary N) is 1. The van der Waals surface area contributed by atoms with E-state index in [4.69, 9.17) is 5.41 Å². The number of halogens is 1. The lowest BCUT2D eigenvalue weighted by atomic mass is 10.3. The first kappa shape index (κ1) is 12.7. The van der Waals surface area contributed by atoms with Gasteiger partial charge in [-0.1, -0.05) is 23.5 Å². The molecule has 1 aromatic heterocycles. The molecule has 0 aliphatic heterocycles. The molecule has 0 aliphatic carbocycles. The lowest BCUT2D eigenvalue weighted by molar-refractivity contribution is -0.141. The minimum absolute atomic E-state index is 0. The van der Waals surface area contributed by atoms with E-state index in [9.17, 15) is 4.79 Å². The number of thiazole rings is 1. The van der Waals surface area contributed by atoms with Crippen molar-refractivity contribution in [2.45, 2.75) is 6.54 Å². The predicted molar refractivity (Wildman–Crippen MR) is 64.9 cm³/mol. The van der Waals surface area contributed by atoms with Crippen LogP contribution in [0, 0.1) is 5.41 Å². The summed E-state index contributed by atoms with van der Waals surface area (Å²) in [4.78, 5) is 11.5. The lowest BCUT2D eigenvalue weighted by Gasteiger charge is -2.02. The zero-order valence-electron chi connectivity index (χ0n) is 8.60. The molecule has 1 heterocycles. The van der Waals surface area contributed by atoms with Gasteiger partial charge < -0.3 is 9.30 Å². The summed E-state index contributed by atoms with van der Waals surface area (Å²) in [5, 5.41) is 7.74. The second-order valence-electron chi connectivity index (χ2n) is 3.04. The van der Waals surface area contributed by atoms with E-state index in [2.05, 4.69) is 4.74 Å². The van der Waals surface area contributed by atoms with Crippen LogP contribution in [0.15, 0.2) is 24.3 Å². The maximum absolute atomic E-state index is 11.2. The average Bonchev–Trinajstić information content (AvgIpc) is 2.55. The molecule has 0 unspecified atom stereocenters. The molecule has 2 aromatic rings. The van der Waals surface area contributed by atoms with Crippen LogP contribution in [0.4, 0.5) is 0 Å². The number of carbonyl (C=O) groups is 1. The number of aromatic nitrogens is 1. The summed E-state index contributed by atoms with van der Waals surface area (Å²) in [6.07, 6.45) is 0. The second kappa shape index (κ2) is 5.14. The molecule has 2 rings (SSSR count). The van der Waals surface area contributed by atoms with E-state index in [-0.39, 0.29) is 24.9 Å². The fraction of sp³-hybridized carbons (Fsp3) is 0.200. The number of rotatable bonds is 2. The van der Waals surface area contributed by atoms with Crippen LogP contribution in [-0.4, -0.2) is 17.6 Å². The molecule has 0 aliphatic rings. The first-order valence-electron chi connectivity index (χ1n) is 4.42. The number of carbonyl (C=O) groups excluding carboxylic acids is 1. The van der Waals surface area contributed by atoms with Gasteiger partial charge in [0.05, 0.1) is 17.3 Å². The third kappa shape index (κ3) is 2.25. The molecular weight excluding hydrogens is 248 g/mol. The van der Waals surface area contributed by atoms with Crippen LogP contribution < -0.4 is 4.80 Å². The number of fused-ring (bicyclic) bond motifs is 1. The van der Waals surface area contributed by atoms with Crippen molar-refractivity contribution in [3.05, 3.63) is 29.1 Å². The Kier molecular flexibility index (Phi) is 4.09. The number of hydrogen-bond donors (Lipinski definition) is 1. The average molecular weight is 259 g/mol. The monoisotopic (exact) mass is 258 g/mol. The smallest absolute Gasteiger partial charge is 0.325 e. The van der Waals surface area contributed by atoms with E-state index < -0.39 is 0 Å². The van der Waals surface area contributed by atoms with Crippen LogP contribution in [0.3, 0.4) is 0 Å². The standard InChI is InChI=1S/C10H10N2O2S.ClH/c1-14-9(13)6-12-7-4-2-3-5-8(7)15-10(12)11;/h2-5,11H,6H2,1H3;1H. The van der Waals surface area contributed by atoms with Gasteiger partial charge in [-0.05, 0) is 12.1 Å². The van der Waals surface area contributed by atoms with Crippen molar-refractivity contribution in [1.82, 2.24) is 4.57 Å². The van der Waals surface area contributed by atoms with Crippen LogP contribution in [0.1, 0.15) is 0 Å². The van der Waals surface area contributed by atoms with E-state index in [1.54, 1.807) is 4.57 Å². The second-order valence-corrected chi connectivity index (χ2v) is 4.07. The fourth-order valence-electron chi connectivity index (χ4n) is 1.39. The van der Waals surface area contributed by atoms with E-state index in [1.165, 1.54) is 18.4 Å². The Morgan fingerprint density at radius 3 is 2.88 bits per heavy atom.